The smallest absolute Gasteiger partial charge is 0.220 e. The van der Waals surface area contributed by atoms with Crippen LogP contribution in [0.25, 0.3) is 22.5 Å². The van der Waals surface area contributed by atoms with Crippen LogP contribution in [0.2, 0.25) is 0 Å². The zero-order valence-corrected chi connectivity index (χ0v) is 17.4. The van der Waals surface area contributed by atoms with E-state index in [1.54, 1.807) is 7.11 Å². The molecule has 7 nitrogen and oxygen atoms in total. The summed E-state index contributed by atoms with van der Waals surface area (Å²) in [6.45, 7) is 4.06. The van der Waals surface area contributed by atoms with Crippen LogP contribution in [0.5, 0.6) is 5.88 Å². The standard InChI is InChI=1S/C23H24N6O/c1-4-7-21-20(23(30-3)25-15(2)24-21)14-16-10-12-17(13-11-16)18-8-5-6-9-19(18)22-26-28-29-27-22/h5-6,8-13H,4,7,14H2,1-3H3,(H,26,27,28,29). The highest BCUT2D eigenvalue weighted by molar-refractivity contribution is 5.80. The molecule has 0 aliphatic carbocycles. The molecule has 0 fully saturated rings. The Bertz CT molecular complexity index is 1120. The molecule has 0 amide bonds. The average molecular weight is 400 g/mol. The van der Waals surface area contributed by atoms with E-state index in [4.69, 9.17) is 4.74 Å². The number of benzene rings is 2. The van der Waals surface area contributed by atoms with Crippen molar-refractivity contribution in [2.24, 2.45) is 0 Å². The molecule has 0 aliphatic heterocycles. The van der Waals surface area contributed by atoms with E-state index < -0.39 is 0 Å². The Balaban J connectivity index is 1.65. The molecule has 4 aromatic rings. The number of aromatic amines is 1. The predicted molar refractivity (Wildman–Crippen MR) is 115 cm³/mol. The first-order valence-electron chi connectivity index (χ1n) is 10.0. The van der Waals surface area contributed by atoms with E-state index >= 15 is 0 Å². The van der Waals surface area contributed by atoms with Gasteiger partial charge in [0.1, 0.15) is 5.82 Å². The number of hydrogen-bond donors (Lipinski definition) is 1. The maximum absolute atomic E-state index is 5.56. The first-order valence-corrected chi connectivity index (χ1v) is 10.0. The number of aromatic nitrogens is 6. The van der Waals surface area contributed by atoms with Crippen LogP contribution in [0.4, 0.5) is 0 Å². The molecule has 2 aromatic carbocycles. The number of rotatable bonds is 7. The fourth-order valence-corrected chi connectivity index (χ4v) is 3.63. The molecule has 0 spiro atoms. The zero-order valence-electron chi connectivity index (χ0n) is 17.4. The number of hydrogen-bond acceptors (Lipinski definition) is 6. The highest BCUT2D eigenvalue weighted by atomic mass is 16.5. The minimum absolute atomic E-state index is 0.584. The summed E-state index contributed by atoms with van der Waals surface area (Å²) in [6, 6.07) is 16.6. The van der Waals surface area contributed by atoms with Crippen LogP contribution in [-0.2, 0) is 12.8 Å². The van der Waals surface area contributed by atoms with Gasteiger partial charge in [-0.25, -0.2) is 4.98 Å². The maximum Gasteiger partial charge on any atom is 0.220 e. The summed E-state index contributed by atoms with van der Waals surface area (Å²) in [7, 11) is 1.67. The Kier molecular flexibility index (Phi) is 5.79. The van der Waals surface area contributed by atoms with Crippen LogP contribution in [0.1, 0.15) is 36.0 Å². The summed E-state index contributed by atoms with van der Waals surface area (Å²) >= 11 is 0. The number of nitrogens with one attached hydrogen (secondary N) is 1. The van der Waals surface area contributed by atoms with Gasteiger partial charge in [0.2, 0.25) is 11.7 Å². The van der Waals surface area contributed by atoms with E-state index in [0.29, 0.717) is 11.7 Å². The van der Waals surface area contributed by atoms with Gasteiger partial charge in [0.05, 0.1) is 12.8 Å². The number of H-pyrrole nitrogens is 1. The van der Waals surface area contributed by atoms with E-state index in [0.717, 1.165) is 53.0 Å². The third kappa shape index (κ3) is 4.05. The molecule has 0 saturated carbocycles. The Labute approximate surface area is 175 Å². The molecule has 30 heavy (non-hydrogen) atoms. The van der Waals surface area contributed by atoms with Crippen molar-refractivity contribution in [3.8, 4) is 28.4 Å². The van der Waals surface area contributed by atoms with Crippen molar-refractivity contribution < 1.29 is 4.74 Å². The SMILES string of the molecule is CCCc1nc(C)nc(OC)c1Cc1ccc(-c2ccccc2-c2nn[nH]n2)cc1. The van der Waals surface area contributed by atoms with Crippen molar-refractivity contribution in [3.63, 3.8) is 0 Å². The fraction of sp³-hybridized carbons (Fsp3) is 0.261. The zero-order chi connectivity index (χ0) is 20.9. The molecule has 0 radical (unpaired) electrons. The van der Waals surface area contributed by atoms with Gasteiger partial charge >= 0.3 is 0 Å². The molecule has 152 valence electrons. The lowest BCUT2D eigenvalue weighted by Gasteiger charge is -2.14. The maximum atomic E-state index is 5.56. The largest absolute Gasteiger partial charge is 0.481 e. The van der Waals surface area contributed by atoms with Crippen molar-refractivity contribution in [3.05, 3.63) is 71.2 Å². The Morgan fingerprint density at radius 2 is 1.73 bits per heavy atom. The number of ether oxygens (including phenoxy) is 1. The molecule has 1 N–H and O–H groups in total. The van der Waals surface area contributed by atoms with E-state index in [9.17, 15) is 0 Å². The van der Waals surface area contributed by atoms with Gasteiger partial charge in [-0.15, -0.1) is 10.2 Å². The minimum atomic E-state index is 0.584. The Morgan fingerprint density at radius 1 is 0.967 bits per heavy atom. The second-order valence-corrected chi connectivity index (χ2v) is 7.11. The monoisotopic (exact) mass is 400 g/mol. The molecule has 0 unspecified atom stereocenters. The van der Waals surface area contributed by atoms with Crippen molar-refractivity contribution in [2.75, 3.05) is 7.11 Å². The van der Waals surface area contributed by atoms with Crippen molar-refractivity contribution in [1.29, 1.82) is 0 Å². The van der Waals surface area contributed by atoms with Crippen LogP contribution >= 0.6 is 0 Å². The van der Waals surface area contributed by atoms with E-state index in [1.165, 1.54) is 5.56 Å². The van der Waals surface area contributed by atoms with Crippen LogP contribution in [-0.4, -0.2) is 37.7 Å². The molecule has 2 heterocycles. The minimum Gasteiger partial charge on any atom is -0.481 e. The summed E-state index contributed by atoms with van der Waals surface area (Å²) in [5, 5.41) is 14.4. The first kappa shape index (κ1) is 19.7. The van der Waals surface area contributed by atoms with Gasteiger partial charge in [-0.1, -0.05) is 61.9 Å². The number of tetrazole rings is 1. The number of methoxy groups -OCH3 is 1. The van der Waals surface area contributed by atoms with E-state index in [2.05, 4.69) is 67.8 Å². The Morgan fingerprint density at radius 3 is 2.40 bits per heavy atom. The summed E-state index contributed by atoms with van der Waals surface area (Å²) in [5.41, 5.74) is 6.41. The molecule has 0 aliphatic rings. The highest BCUT2D eigenvalue weighted by Gasteiger charge is 2.15. The lowest BCUT2D eigenvalue weighted by atomic mass is 9.96. The van der Waals surface area contributed by atoms with Crippen molar-refractivity contribution in [1.82, 2.24) is 30.6 Å². The quantitative estimate of drug-likeness (QED) is 0.500. The van der Waals surface area contributed by atoms with Crippen LogP contribution in [0.3, 0.4) is 0 Å². The second-order valence-electron chi connectivity index (χ2n) is 7.11. The van der Waals surface area contributed by atoms with Gasteiger partial charge in [-0.3, -0.25) is 0 Å². The van der Waals surface area contributed by atoms with E-state index in [-0.39, 0.29) is 0 Å². The number of nitrogens with zero attached hydrogens (tertiary/aromatic N) is 5. The van der Waals surface area contributed by atoms with Gasteiger partial charge < -0.3 is 4.74 Å². The fourth-order valence-electron chi connectivity index (χ4n) is 3.63. The second kappa shape index (κ2) is 8.82. The molecule has 0 atom stereocenters. The first-order chi connectivity index (χ1) is 14.7. The molecular formula is C23H24N6O. The molecule has 0 bridgehead atoms. The molecule has 4 rings (SSSR count). The van der Waals surface area contributed by atoms with Crippen molar-refractivity contribution in [2.45, 2.75) is 33.1 Å². The third-order valence-electron chi connectivity index (χ3n) is 5.01. The van der Waals surface area contributed by atoms with Gasteiger partial charge in [0, 0.05) is 17.5 Å². The normalized spacial score (nSPS) is 10.9. The predicted octanol–water partition coefficient (Wildman–Crippen LogP) is 4.18. The van der Waals surface area contributed by atoms with E-state index in [1.807, 2.05) is 25.1 Å². The summed E-state index contributed by atoms with van der Waals surface area (Å²) < 4.78 is 5.56. The molecule has 0 saturated heterocycles. The summed E-state index contributed by atoms with van der Waals surface area (Å²) in [4.78, 5) is 9.14. The topological polar surface area (TPSA) is 89.5 Å². The molecule has 7 heteroatoms. The number of aryl methyl sites for hydroxylation is 2. The molecular weight excluding hydrogens is 376 g/mol. The summed E-state index contributed by atoms with van der Waals surface area (Å²) in [5.74, 6) is 1.99. The van der Waals surface area contributed by atoms with Crippen LogP contribution in [0, 0.1) is 6.92 Å². The summed E-state index contributed by atoms with van der Waals surface area (Å²) in [6.07, 6.45) is 2.66. The molecule has 2 aromatic heterocycles. The van der Waals surface area contributed by atoms with Gasteiger partial charge in [0.15, 0.2) is 0 Å². The Hall–Kier alpha value is -3.61. The third-order valence-corrected chi connectivity index (χ3v) is 5.01. The highest BCUT2D eigenvalue weighted by Crippen LogP contribution is 2.30. The van der Waals surface area contributed by atoms with Gasteiger partial charge in [0.25, 0.3) is 0 Å². The van der Waals surface area contributed by atoms with Crippen LogP contribution < -0.4 is 4.74 Å². The lowest BCUT2D eigenvalue weighted by Crippen LogP contribution is -2.07. The average Bonchev–Trinajstić information content (AvgIpc) is 3.31. The van der Waals surface area contributed by atoms with Gasteiger partial charge in [-0.2, -0.15) is 10.2 Å². The van der Waals surface area contributed by atoms with Crippen molar-refractivity contribution >= 4 is 0 Å². The van der Waals surface area contributed by atoms with Crippen LogP contribution in [0.15, 0.2) is 48.5 Å². The lowest BCUT2D eigenvalue weighted by molar-refractivity contribution is 0.389. The van der Waals surface area contributed by atoms with Gasteiger partial charge in [-0.05, 0) is 35.2 Å².